The van der Waals surface area contributed by atoms with Crippen LogP contribution in [-0.2, 0) is 19.1 Å². The van der Waals surface area contributed by atoms with E-state index < -0.39 is 35.9 Å². The average molecular weight is 336 g/mol. The SMILES string of the molecule is O=C(/C=C/c1ccc(O)c(O)c1)OC12CC(O)C(O)C(C1)OC2=O. The Labute approximate surface area is 136 Å². The summed E-state index contributed by atoms with van der Waals surface area (Å²) >= 11 is 0. The highest BCUT2D eigenvalue weighted by Crippen LogP contribution is 2.41. The lowest BCUT2D eigenvalue weighted by molar-refractivity contribution is -0.172. The van der Waals surface area contributed by atoms with Crippen LogP contribution in [0.4, 0.5) is 0 Å². The number of ether oxygens (including phenoxy) is 2. The first-order chi connectivity index (χ1) is 11.3. The molecule has 24 heavy (non-hydrogen) atoms. The van der Waals surface area contributed by atoms with Gasteiger partial charge in [0.05, 0.1) is 6.10 Å². The summed E-state index contributed by atoms with van der Waals surface area (Å²) in [4.78, 5) is 23.9. The number of aromatic hydroxyl groups is 2. The molecule has 1 saturated carbocycles. The Kier molecular flexibility index (Phi) is 3.94. The standard InChI is InChI=1S/C16H16O8/c17-9-3-1-8(5-10(9)18)2-4-13(20)24-16-6-11(19)14(21)12(7-16)23-15(16)22/h1-5,11-12,14,17-19,21H,6-7H2/b4-2+. The van der Waals surface area contributed by atoms with E-state index in [0.29, 0.717) is 5.56 Å². The number of carbonyl (C=O) groups is 2. The summed E-state index contributed by atoms with van der Waals surface area (Å²) in [6, 6.07) is 3.98. The highest BCUT2D eigenvalue weighted by atomic mass is 16.6. The molecule has 0 spiro atoms. The summed E-state index contributed by atoms with van der Waals surface area (Å²) < 4.78 is 10.1. The van der Waals surface area contributed by atoms with Gasteiger partial charge in [-0.2, -0.15) is 0 Å². The molecule has 128 valence electrons. The van der Waals surface area contributed by atoms with Crippen LogP contribution >= 0.6 is 0 Å². The van der Waals surface area contributed by atoms with E-state index in [1.165, 1.54) is 24.3 Å². The number of fused-ring (bicyclic) bond motifs is 2. The molecular weight excluding hydrogens is 320 g/mol. The van der Waals surface area contributed by atoms with Gasteiger partial charge >= 0.3 is 11.9 Å². The van der Waals surface area contributed by atoms with Crippen LogP contribution in [0.15, 0.2) is 24.3 Å². The molecule has 2 aliphatic rings. The second kappa shape index (κ2) is 5.81. The lowest BCUT2D eigenvalue weighted by atomic mass is 9.82. The number of benzene rings is 1. The van der Waals surface area contributed by atoms with Gasteiger partial charge in [-0.15, -0.1) is 0 Å². The number of phenolic OH excluding ortho intramolecular Hbond substituents is 2. The number of rotatable bonds is 3. The van der Waals surface area contributed by atoms with Gasteiger partial charge in [-0.25, -0.2) is 9.59 Å². The summed E-state index contributed by atoms with van der Waals surface area (Å²) in [5.74, 6) is -2.24. The van der Waals surface area contributed by atoms with E-state index in [1.54, 1.807) is 0 Å². The molecule has 0 radical (unpaired) electrons. The van der Waals surface area contributed by atoms with Crippen molar-refractivity contribution in [2.75, 3.05) is 0 Å². The highest BCUT2D eigenvalue weighted by Gasteiger charge is 2.60. The normalized spacial score (nSPS) is 31.9. The molecule has 8 heteroatoms. The Morgan fingerprint density at radius 1 is 1.25 bits per heavy atom. The maximum Gasteiger partial charge on any atom is 0.351 e. The van der Waals surface area contributed by atoms with E-state index in [-0.39, 0.29) is 24.3 Å². The van der Waals surface area contributed by atoms with Gasteiger partial charge in [-0.3, -0.25) is 0 Å². The summed E-state index contributed by atoms with van der Waals surface area (Å²) in [6.45, 7) is 0. The summed E-state index contributed by atoms with van der Waals surface area (Å²) in [5, 5.41) is 38.1. The third-order valence-electron chi connectivity index (χ3n) is 4.18. The molecule has 1 aliphatic carbocycles. The fraction of sp³-hybridized carbons (Fsp3) is 0.375. The van der Waals surface area contributed by atoms with E-state index in [0.717, 1.165) is 6.08 Å². The topological polar surface area (TPSA) is 134 Å². The number of hydrogen-bond donors (Lipinski definition) is 4. The third kappa shape index (κ3) is 2.81. The lowest BCUT2D eigenvalue weighted by Crippen LogP contribution is -2.50. The first-order valence-corrected chi connectivity index (χ1v) is 7.31. The van der Waals surface area contributed by atoms with Crippen LogP contribution in [0.3, 0.4) is 0 Å². The van der Waals surface area contributed by atoms with Crippen LogP contribution in [0.25, 0.3) is 6.08 Å². The second-order valence-corrected chi connectivity index (χ2v) is 5.91. The Bertz CT molecular complexity index is 712. The van der Waals surface area contributed by atoms with Crippen molar-refractivity contribution in [1.29, 1.82) is 0 Å². The van der Waals surface area contributed by atoms with Crippen LogP contribution in [0.2, 0.25) is 0 Å². The lowest BCUT2D eigenvalue weighted by Gasteiger charge is -2.33. The van der Waals surface area contributed by atoms with Crippen LogP contribution in [-0.4, -0.2) is 56.3 Å². The molecule has 4 N–H and O–H groups in total. The Hall–Kier alpha value is -2.58. The van der Waals surface area contributed by atoms with Gasteiger partial charge in [-0.1, -0.05) is 6.07 Å². The highest BCUT2D eigenvalue weighted by molar-refractivity contribution is 5.92. The fourth-order valence-electron chi connectivity index (χ4n) is 2.92. The quantitative estimate of drug-likeness (QED) is 0.340. The molecule has 1 aromatic rings. The van der Waals surface area contributed by atoms with Gasteiger partial charge in [0.1, 0.15) is 12.2 Å². The van der Waals surface area contributed by atoms with Crippen molar-refractivity contribution in [3.63, 3.8) is 0 Å². The van der Waals surface area contributed by atoms with E-state index in [9.17, 15) is 30.0 Å². The minimum Gasteiger partial charge on any atom is -0.504 e. The predicted molar refractivity (Wildman–Crippen MR) is 78.8 cm³/mol. The van der Waals surface area contributed by atoms with Crippen LogP contribution in [0.5, 0.6) is 11.5 Å². The van der Waals surface area contributed by atoms with E-state index >= 15 is 0 Å². The van der Waals surface area contributed by atoms with Crippen molar-refractivity contribution in [1.82, 2.24) is 0 Å². The monoisotopic (exact) mass is 336 g/mol. The number of aliphatic hydroxyl groups is 2. The predicted octanol–water partition coefficient (Wildman–Crippen LogP) is -0.166. The maximum absolute atomic E-state index is 12.0. The van der Waals surface area contributed by atoms with Crippen LogP contribution in [0.1, 0.15) is 18.4 Å². The number of aliphatic hydroxyl groups excluding tert-OH is 2. The van der Waals surface area contributed by atoms with Crippen molar-refractivity contribution in [2.45, 2.75) is 36.8 Å². The number of hydrogen-bond acceptors (Lipinski definition) is 8. The summed E-state index contributed by atoms with van der Waals surface area (Å²) in [7, 11) is 0. The molecular formula is C16H16O8. The van der Waals surface area contributed by atoms with Crippen molar-refractivity contribution in [3.05, 3.63) is 29.8 Å². The van der Waals surface area contributed by atoms with E-state index in [4.69, 9.17) is 9.47 Å². The fourth-order valence-corrected chi connectivity index (χ4v) is 2.92. The number of carbonyl (C=O) groups excluding carboxylic acids is 2. The molecule has 1 aromatic carbocycles. The smallest absolute Gasteiger partial charge is 0.351 e. The zero-order valence-electron chi connectivity index (χ0n) is 12.5. The Morgan fingerprint density at radius 3 is 2.71 bits per heavy atom. The molecule has 0 amide bonds. The molecule has 8 nitrogen and oxygen atoms in total. The maximum atomic E-state index is 12.0. The van der Waals surface area contributed by atoms with Gasteiger partial charge in [0.25, 0.3) is 0 Å². The van der Waals surface area contributed by atoms with Crippen LogP contribution < -0.4 is 0 Å². The first-order valence-electron chi connectivity index (χ1n) is 7.31. The van der Waals surface area contributed by atoms with Gasteiger partial charge in [0.15, 0.2) is 11.5 Å². The zero-order valence-corrected chi connectivity index (χ0v) is 12.5. The molecule has 2 bridgehead atoms. The van der Waals surface area contributed by atoms with Crippen molar-refractivity contribution >= 4 is 18.0 Å². The summed E-state index contributed by atoms with van der Waals surface area (Å²) in [5.41, 5.74) is -1.16. The molecule has 0 aromatic heterocycles. The zero-order chi connectivity index (χ0) is 17.5. The van der Waals surface area contributed by atoms with Crippen LogP contribution in [0, 0.1) is 0 Å². The molecule has 1 saturated heterocycles. The molecule has 3 rings (SSSR count). The minimum absolute atomic E-state index is 0.0103. The van der Waals surface area contributed by atoms with Gasteiger partial charge < -0.3 is 29.9 Å². The summed E-state index contributed by atoms with van der Waals surface area (Å²) in [6.07, 6.45) is -1.16. The van der Waals surface area contributed by atoms with Crippen molar-refractivity contribution < 1.29 is 39.5 Å². The number of phenols is 2. The number of esters is 2. The third-order valence-corrected chi connectivity index (χ3v) is 4.18. The average Bonchev–Trinajstić information content (AvgIpc) is 2.80. The molecule has 4 atom stereocenters. The van der Waals surface area contributed by atoms with Gasteiger partial charge in [-0.05, 0) is 23.8 Å². The van der Waals surface area contributed by atoms with Crippen molar-refractivity contribution in [2.24, 2.45) is 0 Å². The largest absolute Gasteiger partial charge is 0.504 e. The molecule has 4 unspecified atom stereocenters. The van der Waals surface area contributed by atoms with Gasteiger partial charge in [0, 0.05) is 18.9 Å². The Morgan fingerprint density at radius 2 is 2.00 bits per heavy atom. The van der Waals surface area contributed by atoms with Crippen molar-refractivity contribution in [3.8, 4) is 11.5 Å². The van der Waals surface area contributed by atoms with Gasteiger partial charge in [0.2, 0.25) is 5.60 Å². The first kappa shape index (κ1) is 16.3. The van der Waals surface area contributed by atoms with E-state index in [1.807, 2.05) is 0 Å². The Balaban J connectivity index is 1.71. The minimum atomic E-state index is -1.60. The second-order valence-electron chi connectivity index (χ2n) is 5.91. The van der Waals surface area contributed by atoms with E-state index in [2.05, 4.69) is 0 Å². The molecule has 1 aliphatic heterocycles. The molecule has 1 heterocycles. The molecule has 2 fully saturated rings.